The van der Waals surface area contributed by atoms with E-state index in [0.29, 0.717) is 30.9 Å². The number of anilines is 1. The number of urea groups is 1. The maximum absolute atomic E-state index is 12.2. The van der Waals surface area contributed by atoms with E-state index < -0.39 is 0 Å². The number of ether oxygens (including phenoxy) is 1. The van der Waals surface area contributed by atoms with Gasteiger partial charge in [0.25, 0.3) is 0 Å². The number of rotatable bonds is 3. The van der Waals surface area contributed by atoms with E-state index in [0.717, 1.165) is 6.42 Å². The molecule has 1 fully saturated rings. The lowest BCUT2D eigenvalue weighted by Gasteiger charge is -2.32. The number of carbonyl (C=O) groups is 2. The van der Waals surface area contributed by atoms with E-state index in [4.69, 9.17) is 4.74 Å². The lowest BCUT2D eigenvalue weighted by molar-refractivity contribution is -0.0134. The van der Waals surface area contributed by atoms with E-state index >= 15 is 0 Å². The minimum Gasteiger partial charge on any atom is -0.375 e. The lowest BCUT2D eigenvalue weighted by atomic mass is 10.1. The Hall–Kier alpha value is -1.88. The highest BCUT2D eigenvalue weighted by Gasteiger charge is 2.23. The highest BCUT2D eigenvalue weighted by Crippen LogP contribution is 2.14. The molecule has 20 heavy (non-hydrogen) atoms. The van der Waals surface area contributed by atoms with Crippen molar-refractivity contribution in [3.05, 3.63) is 29.8 Å². The van der Waals surface area contributed by atoms with E-state index in [1.807, 2.05) is 6.92 Å². The summed E-state index contributed by atoms with van der Waals surface area (Å²) in [6, 6.07) is 6.83. The van der Waals surface area contributed by atoms with Gasteiger partial charge in [-0.1, -0.05) is 19.1 Å². The molecule has 1 N–H and O–H groups in total. The number of amides is 2. The SMILES string of the molecule is CCC1CN(C(=O)Nc2cccc(C(C)=O)c2)CCO1. The van der Waals surface area contributed by atoms with Crippen LogP contribution in [0.4, 0.5) is 10.5 Å². The first-order chi connectivity index (χ1) is 9.60. The molecular weight excluding hydrogens is 256 g/mol. The molecule has 0 aliphatic carbocycles. The molecule has 5 heteroatoms. The highest BCUT2D eigenvalue weighted by molar-refractivity contribution is 5.96. The molecule has 2 rings (SSSR count). The third-order valence-corrected chi connectivity index (χ3v) is 3.40. The number of ketones is 1. The Balaban J connectivity index is 2.00. The van der Waals surface area contributed by atoms with Gasteiger partial charge in [0.1, 0.15) is 0 Å². The number of nitrogens with one attached hydrogen (secondary N) is 1. The smallest absolute Gasteiger partial charge is 0.322 e. The summed E-state index contributed by atoms with van der Waals surface area (Å²) in [7, 11) is 0. The van der Waals surface area contributed by atoms with Crippen LogP contribution in [0.25, 0.3) is 0 Å². The van der Waals surface area contributed by atoms with E-state index in [2.05, 4.69) is 5.32 Å². The van der Waals surface area contributed by atoms with Gasteiger partial charge in [-0.25, -0.2) is 4.79 Å². The van der Waals surface area contributed by atoms with Gasteiger partial charge in [0.05, 0.1) is 12.7 Å². The first-order valence-electron chi connectivity index (χ1n) is 6.88. The molecule has 1 unspecified atom stereocenters. The molecule has 1 aromatic carbocycles. The van der Waals surface area contributed by atoms with E-state index in [1.54, 1.807) is 29.2 Å². The van der Waals surface area contributed by atoms with Crippen LogP contribution in [0.5, 0.6) is 0 Å². The van der Waals surface area contributed by atoms with Crippen molar-refractivity contribution in [2.24, 2.45) is 0 Å². The van der Waals surface area contributed by atoms with Crippen molar-refractivity contribution in [1.29, 1.82) is 0 Å². The van der Waals surface area contributed by atoms with E-state index in [1.165, 1.54) is 6.92 Å². The molecule has 1 aliphatic rings. The van der Waals surface area contributed by atoms with Crippen LogP contribution in [0.1, 0.15) is 30.6 Å². The average Bonchev–Trinajstić information content (AvgIpc) is 2.47. The Morgan fingerprint density at radius 3 is 2.95 bits per heavy atom. The summed E-state index contributed by atoms with van der Waals surface area (Å²) in [6.07, 6.45) is 1.00. The lowest BCUT2D eigenvalue weighted by Crippen LogP contribution is -2.47. The molecule has 1 heterocycles. The molecule has 0 radical (unpaired) electrons. The van der Waals surface area contributed by atoms with Crippen molar-refractivity contribution in [2.45, 2.75) is 26.4 Å². The summed E-state index contributed by atoms with van der Waals surface area (Å²) in [5.41, 5.74) is 1.23. The fourth-order valence-corrected chi connectivity index (χ4v) is 2.17. The first-order valence-corrected chi connectivity index (χ1v) is 6.88. The van der Waals surface area contributed by atoms with Gasteiger partial charge in [0, 0.05) is 24.3 Å². The summed E-state index contributed by atoms with van der Waals surface area (Å²) in [4.78, 5) is 25.3. The van der Waals surface area contributed by atoms with Crippen LogP contribution in [-0.2, 0) is 4.74 Å². The molecule has 0 spiro atoms. The monoisotopic (exact) mass is 276 g/mol. The molecule has 2 amide bonds. The van der Waals surface area contributed by atoms with Crippen molar-refractivity contribution >= 4 is 17.5 Å². The highest BCUT2D eigenvalue weighted by atomic mass is 16.5. The van der Waals surface area contributed by atoms with Crippen molar-refractivity contribution in [1.82, 2.24) is 4.90 Å². The fraction of sp³-hybridized carbons (Fsp3) is 0.467. The number of hydrogen-bond donors (Lipinski definition) is 1. The van der Waals surface area contributed by atoms with Crippen LogP contribution in [0.15, 0.2) is 24.3 Å². The van der Waals surface area contributed by atoms with Crippen molar-refractivity contribution in [3.63, 3.8) is 0 Å². The van der Waals surface area contributed by atoms with Gasteiger partial charge >= 0.3 is 6.03 Å². The molecule has 1 saturated heterocycles. The van der Waals surface area contributed by atoms with Crippen molar-refractivity contribution < 1.29 is 14.3 Å². The van der Waals surface area contributed by atoms with Gasteiger partial charge in [-0.15, -0.1) is 0 Å². The van der Waals surface area contributed by atoms with Gasteiger partial charge in [0.2, 0.25) is 0 Å². The third-order valence-electron chi connectivity index (χ3n) is 3.40. The van der Waals surface area contributed by atoms with Gasteiger partial charge in [-0.2, -0.15) is 0 Å². The Morgan fingerprint density at radius 2 is 2.25 bits per heavy atom. The Bertz CT molecular complexity index is 502. The molecule has 1 aliphatic heterocycles. The second kappa shape index (κ2) is 6.52. The van der Waals surface area contributed by atoms with E-state index in [9.17, 15) is 9.59 Å². The molecule has 0 aromatic heterocycles. The van der Waals surface area contributed by atoms with Gasteiger partial charge in [0.15, 0.2) is 5.78 Å². The topological polar surface area (TPSA) is 58.6 Å². The van der Waals surface area contributed by atoms with Crippen LogP contribution in [0, 0.1) is 0 Å². The maximum Gasteiger partial charge on any atom is 0.322 e. The Kier molecular flexibility index (Phi) is 4.74. The number of hydrogen-bond acceptors (Lipinski definition) is 3. The molecule has 108 valence electrons. The van der Waals surface area contributed by atoms with Crippen LogP contribution in [0.3, 0.4) is 0 Å². The van der Waals surface area contributed by atoms with Crippen LogP contribution in [-0.4, -0.2) is 42.5 Å². The number of benzene rings is 1. The Morgan fingerprint density at radius 1 is 1.45 bits per heavy atom. The molecule has 1 atom stereocenters. The summed E-state index contributed by atoms with van der Waals surface area (Å²) in [5.74, 6) is -0.0153. The number of Topliss-reactive ketones (excluding diaryl/α,β-unsaturated/α-hetero) is 1. The van der Waals surface area contributed by atoms with E-state index in [-0.39, 0.29) is 17.9 Å². The molecular formula is C15H20N2O3. The van der Waals surface area contributed by atoms with Crippen molar-refractivity contribution in [3.8, 4) is 0 Å². The second-order valence-corrected chi connectivity index (χ2v) is 4.91. The second-order valence-electron chi connectivity index (χ2n) is 4.91. The number of carbonyl (C=O) groups excluding carboxylic acids is 2. The molecule has 0 saturated carbocycles. The summed E-state index contributed by atoms with van der Waals surface area (Å²) in [6.45, 7) is 5.32. The zero-order chi connectivity index (χ0) is 14.5. The largest absolute Gasteiger partial charge is 0.375 e. The van der Waals surface area contributed by atoms with Gasteiger partial charge in [-0.3, -0.25) is 4.79 Å². The third kappa shape index (κ3) is 3.57. The first kappa shape index (κ1) is 14.5. The van der Waals surface area contributed by atoms with Crippen LogP contribution in [0.2, 0.25) is 0 Å². The summed E-state index contributed by atoms with van der Waals surface area (Å²) in [5, 5.41) is 2.83. The number of nitrogens with zero attached hydrogens (tertiary/aromatic N) is 1. The minimum absolute atomic E-state index is 0.0153. The molecule has 0 bridgehead atoms. The zero-order valence-electron chi connectivity index (χ0n) is 11.9. The minimum atomic E-state index is -0.146. The normalized spacial score (nSPS) is 18.7. The predicted octanol–water partition coefficient (Wildman–Crippen LogP) is 2.53. The quantitative estimate of drug-likeness (QED) is 0.863. The average molecular weight is 276 g/mol. The fourth-order valence-electron chi connectivity index (χ4n) is 2.17. The van der Waals surface area contributed by atoms with Crippen molar-refractivity contribution in [2.75, 3.05) is 25.0 Å². The Labute approximate surface area is 118 Å². The maximum atomic E-state index is 12.2. The number of morpholine rings is 1. The molecule has 5 nitrogen and oxygen atoms in total. The standard InChI is InChI=1S/C15H20N2O3/c1-3-14-10-17(7-8-20-14)15(19)16-13-6-4-5-12(9-13)11(2)18/h4-6,9,14H,3,7-8,10H2,1-2H3,(H,16,19). The van der Waals surface area contributed by atoms with Gasteiger partial charge in [-0.05, 0) is 25.5 Å². The zero-order valence-corrected chi connectivity index (χ0v) is 11.9. The van der Waals surface area contributed by atoms with Gasteiger partial charge < -0.3 is 15.0 Å². The summed E-state index contributed by atoms with van der Waals surface area (Å²) < 4.78 is 5.54. The summed E-state index contributed by atoms with van der Waals surface area (Å²) >= 11 is 0. The van der Waals surface area contributed by atoms with Crippen LogP contribution >= 0.6 is 0 Å². The van der Waals surface area contributed by atoms with Crippen LogP contribution < -0.4 is 5.32 Å². The predicted molar refractivity (Wildman–Crippen MR) is 77.1 cm³/mol. The molecule has 1 aromatic rings.